The molecule has 0 aliphatic rings. The van der Waals surface area contributed by atoms with Crippen LogP contribution in [0.5, 0.6) is 5.75 Å². The van der Waals surface area contributed by atoms with E-state index in [2.05, 4.69) is 38.2 Å². The Hall–Kier alpha value is -1.51. The Morgan fingerprint density at radius 2 is 1.76 bits per heavy atom. The van der Waals surface area contributed by atoms with E-state index in [1.807, 2.05) is 36.4 Å². The lowest BCUT2D eigenvalue weighted by atomic mass is 10.1. The van der Waals surface area contributed by atoms with Crippen molar-refractivity contribution in [3.63, 3.8) is 0 Å². The van der Waals surface area contributed by atoms with E-state index in [0.717, 1.165) is 30.0 Å². The number of rotatable bonds is 6. The molecule has 2 aromatic rings. The van der Waals surface area contributed by atoms with E-state index in [0.29, 0.717) is 5.02 Å². The van der Waals surface area contributed by atoms with Gasteiger partial charge in [-0.25, -0.2) is 0 Å². The Kier molecular flexibility index (Phi) is 5.27. The smallest absolute Gasteiger partial charge is 0.138 e. The predicted molar refractivity (Wildman–Crippen MR) is 90.1 cm³/mol. The monoisotopic (exact) mass is 303 g/mol. The lowest BCUT2D eigenvalue weighted by Gasteiger charge is -2.27. The van der Waals surface area contributed by atoms with Gasteiger partial charge in [-0.15, -0.1) is 0 Å². The van der Waals surface area contributed by atoms with E-state index in [1.54, 1.807) is 0 Å². The molecule has 0 unspecified atom stereocenters. The Morgan fingerprint density at radius 1 is 1.05 bits per heavy atom. The van der Waals surface area contributed by atoms with Gasteiger partial charge in [-0.3, -0.25) is 0 Å². The van der Waals surface area contributed by atoms with Crippen molar-refractivity contribution >= 4 is 11.6 Å². The summed E-state index contributed by atoms with van der Waals surface area (Å²) in [5.74, 6) is 0.722. The van der Waals surface area contributed by atoms with Crippen molar-refractivity contribution in [3.8, 4) is 16.9 Å². The highest BCUT2D eigenvalue weighted by Gasteiger charge is 2.20. The van der Waals surface area contributed by atoms with Gasteiger partial charge in [0, 0.05) is 6.54 Å². The van der Waals surface area contributed by atoms with Crippen LogP contribution in [0, 0.1) is 0 Å². The largest absolute Gasteiger partial charge is 0.485 e. The van der Waals surface area contributed by atoms with Gasteiger partial charge >= 0.3 is 0 Å². The molecule has 112 valence electrons. The second-order valence-corrected chi connectivity index (χ2v) is 6.06. The third-order valence-corrected chi connectivity index (χ3v) is 3.52. The molecule has 21 heavy (non-hydrogen) atoms. The maximum absolute atomic E-state index is 6.37. The van der Waals surface area contributed by atoms with Gasteiger partial charge < -0.3 is 10.1 Å². The summed E-state index contributed by atoms with van der Waals surface area (Å²) in [5, 5.41) is 3.94. The van der Waals surface area contributed by atoms with Crippen molar-refractivity contribution in [2.75, 3.05) is 13.1 Å². The highest BCUT2D eigenvalue weighted by molar-refractivity contribution is 6.32. The lowest BCUT2D eigenvalue weighted by Crippen LogP contribution is -2.40. The molecule has 0 aromatic heterocycles. The molecule has 0 saturated heterocycles. The molecule has 0 atom stereocenters. The van der Waals surface area contributed by atoms with Crippen LogP contribution in [0.3, 0.4) is 0 Å². The zero-order valence-corrected chi connectivity index (χ0v) is 13.6. The number of benzene rings is 2. The summed E-state index contributed by atoms with van der Waals surface area (Å²) in [7, 11) is 0. The summed E-state index contributed by atoms with van der Waals surface area (Å²) in [6.07, 6.45) is 0. The van der Waals surface area contributed by atoms with Gasteiger partial charge in [0.05, 0.1) is 5.02 Å². The summed E-state index contributed by atoms with van der Waals surface area (Å²) >= 11 is 6.37. The molecule has 0 saturated carbocycles. The fourth-order valence-electron chi connectivity index (χ4n) is 2.15. The molecule has 2 rings (SSSR count). The summed E-state index contributed by atoms with van der Waals surface area (Å²) in [4.78, 5) is 0. The molecule has 2 nitrogen and oxygen atoms in total. The van der Waals surface area contributed by atoms with Crippen LogP contribution in [0.4, 0.5) is 0 Å². The van der Waals surface area contributed by atoms with Crippen LogP contribution in [-0.4, -0.2) is 18.7 Å². The number of nitrogens with one attached hydrogen (secondary N) is 1. The van der Waals surface area contributed by atoms with E-state index in [9.17, 15) is 0 Å². The molecule has 3 heteroatoms. The van der Waals surface area contributed by atoms with Crippen LogP contribution < -0.4 is 10.1 Å². The fourth-order valence-corrected chi connectivity index (χ4v) is 2.37. The van der Waals surface area contributed by atoms with Gasteiger partial charge in [0.15, 0.2) is 0 Å². The van der Waals surface area contributed by atoms with Gasteiger partial charge in [-0.1, -0.05) is 54.9 Å². The second kappa shape index (κ2) is 6.97. The number of hydrogen-bond acceptors (Lipinski definition) is 2. The molecule has 0 amide bonds. The normalized spacial score (nSPS) is 11.4. The first-order valence-electron chi connectivity index (χ1n) is 7.26. The molecular weight excluding hydrogens is 282 g/mol. The van der Waals surface area contributed by atoms with Crippen molar-refractivity contribution in [1.29, 1.82) is 0 Å². The van der Waals surface area contributed by atoms with Crippen LogP contribution in [0.15, 0.2) is 48.5 Å². The first-order chi connectivity index (χ1) is 10.0. The summed E-state index contributed by atoms with van der Waals surface area (Å²) in [6.45, 7) is 7.89. The van der Waals surface area contributed by atoms with Crippen molar-refractivity contribution < 1.29 is 4.74 Å². The average molecular weight is 304 g/mol. The zero-order chi connectivity index (χ0) is 15.3. The Bertz CT molecular complexity index is 581. The molecule has 0 aliphatic heterocycles. The van der Waals surface area contributed by atoms with Crippen molar-refractivity contribution in [3.05, 3.63) is 53.6 Å². The molecule has 0 fully saturated rings. The first kappa shape index (κ1) is 15.9. The molecular formula is C18H22ClNO. The third-order valence-electron chi connectivity index (χ3n) is 3.23. The van der Waals surface area contributed by atoms with Crippen LogP contribution in [-0.2, 0) is 0 Å². The molecule has 2 aromatic carbocycles. The summed E-state index contributed by atoms with van der Waals surface area (Å²) < 4.78 is 6.03. The number of ether oxygens (including phenoxy) is 1. The van der Waals surface area contributed by atoms with E-state index in [4.69, 9.17) is 16.3 Å². The van der Waals surface area contributed by atoms with Gasteiger partial charge in [0.2, 0.25) is 0 Å². The van der Waals surface area contributed by atoms with E-state index in [1.165, 1.54) is 0 Å². The summed E-state index contributed by atoms with van der Waals surface area (Å²) in [5.41, 5.74) is 1.95. The van der Waals surface area contributed by atoms with Gasteiger partial charge in [0.25, 0.3) is 0 Å². The Balaban J connectivity index is 2.16. The number of halogens is 1. The molecule has 1 N–H and O–H groups in total. The SMILES string of the molecule is CCNCC(C)(C)Oc1ccc(-c2ccccc2)cc1Cl. The molecule has 0 aliphatic carbocycles. The molecule has 0 heterocycles. The summed E-state index contributed by atoms with van der Waals surface area (Å²) in [6, 6.07) is 16.1. The van der Waals surface area contributed by atoms with Crippen molar-refractivity contribution in [2.45, 2.75) is 26.4 Å². The quantitative estimate of drug-likeness (QED) is 0.829. The van der Waals surface area contributed by atoms with E-state index < -0.39 is 0 Å². The predicted octanol–water partition coefficient (Wildman–Crippen LogP) is 4.77. The topological polar surface area (TPSA) is 21.3 Å². The molecule has 0 radical (unpaired) electrons. The third kappa shape index (κ3) is 4.48. The van der Waals surface area contributed by atoms with Crippen LogP contribution in [0.1, 0.15) is 20.8 Å². The maximum atomic E-state index is 6.37. The van der Waals surface area contributed by atoms with E-state index in [-0.39, 0.29) is 5.60 Å². The molecule has 0 bridgehead atoms. The first-order valence-corrected chi connectivity index (χ1v) is 7.64. The van der Waals surface area contributed by atoms with Gasteiger partial charge in [0.1, 0.15) is 11.4 Å². The van der Waals surface area contributed by atoms with Crippen molar-refractivity contribution in [2.24, 2.45) is 0 Å². The van der Waals surface area contributed by atoms with Crippen LogP contribution >= 0.6 is 11.6 Å². The van der Waals surface area contributed by atoms with Gasteiger partial charge in [-0.05, 0) is 43.7 Å². The standard InChI is InChI=1S/C18H22ClNO/c1-4-20-13-18(2,3)21-17-11-10-15(12-16(17)19)14-8-6-5-7-9-14/h5-12,20H,4,13H2,1-3H3. The number of likely N-dealkylation sites (N-methyl/N-ethyl adjacent to an activating group) is 1. The Labute approximate surface area is 132 Å². The lowest BCUT2D eigenvalue weighted by molar-refractivity contribution is 0.109. The van der Waals surface area contributed by atoms with Crippen molar-refractivity contribution in [1.82, 2.24) is 5.32 Å². The molecule has 0 spiro atoms. The van der Waals surface area contributed by atoms with Crippen LogP contribution in [0.25, 0.3) is 11.1 Å². The number of hydrogen-bond donors (Lipinski definition) is 1. The second-order valence-electron chi connectivity index (χ2n) is 5.65. The van der Waals surface area contributed by atoms with Crippen LogP contribution in [0.2, 0.25) is 5.02 Å². The highest BCUT2D eigenvalue weighted by atomic mass is 35.5. The minimum atomic E-state index is -0.298. The van der Waals surface area contributed by atoms with Gasteiger partial charge in [-0.2, -0.15) is 0 Å². The minimum absolute atomic E-state index is 0.298. The highest BCUT2D eigenvalue weighted by Crippen LogP contribution is 2.32. The maximum Gasteiger partial charge on any atom is 0.138 e. The average Bonchev–Trinajstić information content (AvgIpc) is 2.48. The van der Waals surface area contributed by atoms with E-state index >= 15 is 0 Å². The fraction of sp³-hybridized carbons (Fsp3) is 0.333. The Morgan fingerprint density at radius 3 is 2.38 bits per heavy atom. The zero-order valence-electron chi connectivity index (χ0n) is 12.8. The minimum Gasteiger partial charge on any atom is -0.485 e.